The van der Waals surface area contributed by atoms with Gasteiger partial charge < -0.3 is 8.83 Å². The van der Waals surface area contributed by atoms with Crippen LogP contribution in [0, 0.1) is 6.92 Å². The summed E-state index contributed by atoms with van der Waals surface area (Å²) in [6.45, 7) is 1.82. The summed E-state index contributed by atoms with van der Waals surface area (Å²) >= 11 is 0. The standard InChI is InChI=1S/C15H10N2O2/c1-9-16-11-7-12-14(8-13(11)18-9)19-15(17-12)10-5-3-2-4-6-10/h2-8H,1H3. The maximum atomic E-state index is 5.77. The summed E-state index contributed by atoms with van der Waals surface area (Å²) < 4.78 is 11.3. The Morgan fingerprint density at radius 1 is 0.842 bits per heavy atom. The molecule has 0 radical (unpaired) electrons. The SMILES string of the molecule is Cc1nc2cc3nc(-c4ccccc4)oc3cc2o1. The number of nitrogens with zero attached hydrogens (tertiary/aromatic N) is 2. The van der Waals surface area contributed by atoms with Crippen molar-refractivity contribution in [3.8, 4) is 11.5 Å². The molecule has 2 aromatic heterocycles. The second-order valence-corrected chi connectivity index (χ2v) is 4.41. The minimum atomic E-state index is 0.611. The highest BCUT2D eigenvalue weighted by molar-refractivity contribution is 5.90. The van der Waals surface area contributed by atoms with E-state index in [1.165, 1.54) is 0 Å². The van der Waals surface area contributed by atoms with E-state index in [1.807, 2.05) is 49.4 Å². The predicted octanol–water partition coefficient (Wildman–Crippen LogP) is 3.94. The summed E-state index contributed by atoms with van der Waals surface area (Å²) in [4.78, 5) is 8.79. The van der Waals surface area contributed by atoms with Crippen LogP contribution in [0.3, 0.4) is 0 Å². The first-order chi connectivity index (χ1) is 9.29. The van der Waals surface area contributed by atoms with Crippen molar-refractivity contribution in [1.82, 2.24) is 9.97 Å². The number of aromatic nitrogens is 2. The van der Waals surface area contributed by atoms with Gasteiger partial charge in [-0.25, -0.2) is 9.97 Å². The lowest BCUT2D eigenvalue weighted by atomic mass is 10.2. The first-order valence-electron chi connectivity index (χ1n) is 6.03. The van der Waals surface area contributed by atoms with Gasteiger partial charge in [0.15, 0.2) is 17.1 Å². The van der Waals surface area contributed by atoms with Gasteiger partial charge in [0.1, 0.15) is 11.0 Å². The lowest BCUT2D eigenvalue weighted by molar-refractivity contribution is 0.560. The van der Waals surface area contributed by atoms with Crippen molar-refractivity contribution in [3.63, 3.8) is 0 Å². The van der Waals surface area contributed by atoms with Crippen LogP contribution in [0.2, 0.25) is 0 Å². The Kier molecular flexibility index (Phi) is 2.00. The molecule has 0 aliphatic heterocycles. The topological polar surface area (TPSA) is 52.1 Å². The molecule has 0 bridgehead atoms. The Hall–Kier alpha value is -2.62. The van der Waals surface area contributed by atoms with Gasteiger partial charge >= 0.3 is 0 Å². The second-order valence-electron chi connectivity index (χ2n) is 4.41. The minimum Gasteiger partial charge on any atom is -0.441 e. The molecule has 0 fully saturated rings. The molecule has 4 rings (SSSR count). The Balaban J connectivity index is 1.96. The molecule has 4 heteroatoms. The van der Waals surface area contributed by atoms with Gasteiger partial charge in [-0.3, -0.25) is 0 Å². The smallest absolute Gasteiger partial charge is 0.227 e. The summed E-state index contributed by atoms with van der Waals surface area (Å²) in [5.74, 6) is 1.26. The Bertz CT molecular complexity index is 824. The molecule has 0 aliphatic carbocycles. The number of hydrogen-bond acceptors (Lipinski definition) is 4. The van der Waals surface area contributed by atoms with Crippen LogP contribution in [0.1, 0.15) is 5.89 Å². The molecule has 0 saturated heterocycles. The molecule has 92 valence electrons. The maximum absolute atomic E-state index is 5.77. The Morgan fingerprint density at radius 2 is 1.58 bits per heavy atom. The number of hydrogen-bond donors (Lipinski definition) is 0. The number of fused-ring (bicyclic) bond motifs is 2. The monoisotopic (exact) mass is 250 g/mol. The molecule has 2 heterocycles. The summed E-state index contributed by atoms with van der Waals surface area (Å²) in [6.07, 6.45) is 0. The molecule has 19 heavy (non-hydrogen) atoms. The molecular weight excluding hydrogens is 240 g/mol. The molecular formula is C15H10N2O2. The maximum Gasteiger partial charge on any atom is 0.227 e. The van der Waals surface area contributed by atoms with E-state index in [4.69, 9.17) is 8.83 Å². The molecule has 0 spiro atoms. The lowest BCUT2D eigenvalue weighted by Crippen LogP contribution is -1.75. The van der Waals surface area contributed by atoms with Gasteiger partial charge in [0.05, 0.1) is 0 Å². The van der Waals surface area contributed by atoms with Crippen LogP contribution in [0.5, 0.6) is 0 Å². The van der Waals surface area contributed by atoms with Crippen LogP contribution in [0.15, 0.2) is 51.3 Å². The fourth-order valence-corrected chi connectivity index (χ4v) is 2.17. The van der Waals surface area contributed by atoms with E-state index in [-0.39, 0.29) is 0 Å². The summed E-state index contributed by atoms with van der Waals surface area (Å²) in [5.41, 5.74) is 3.99. The largest absolute Gasteiger partial charge is 0.441 e. The molecule has 0 N–H and O–H groups in total. The molecule has 0 aliphatic rings. The zero-order chi connectivity index (χ0) is 12.8. The van der Waals surface area contributed by atoms with Gasteiger partial charge in [0, 0.05) is 18.6 Å². The zero-order valence-electron chi connectivity index (χ0n) is 10.3. The van der Waals surface area contributed by atoms with Crippen LogP contribution in [0.25, 0.3) is 33.7 Å². The second kappa shape index (κ2) is 3.68. The molecule has 4 aromatic rings. The van der Waals surface area contributed by atoms with E-state index in [0.717, 1.165) is 22.2 Å². The van der Waals surface area contributed by atoms with Crippen molar-refractivity contribution in [1.29, 1.82) is 0 Å². The summed E-state index contributed by atoms with van der Waals surface area (Å²) in [5, 5.41) is 0. The van der Waals surface area contributed by atoms with Gasteiger partial charge in [0.2, 0.25) is 5.89 Å². The van der Waals surface area contributed by atoms with Crippen molar-refractivity contribution >= 4 is 22.2 Å². The fraction of sp³-hybridized carbons (Fsp3) is 0.0667. The van der Waals surface area contributed by atoms with E-state index in [0.29, 0.717) is 17.4 Å². The van der Waals surface area contributed by atoms with Crippen molar-refractivity contribution in [3.05, 3.63) is 48.4 Å². The number of aryl methyl sites for hydroxylation is 1. The molecule has 0 atom stereocenters. The van der Waals surface area contributed by atoms with Crippen molar-refractivity contribution in [2.75, 3.05) is 0 Å². The van der Waals surface area contributed by atoms with E-state index in [2.05, 4.69) is 9.97 Å². The third kappa shape index (κ3) is 1.61. The number of rotatable bonds is 1. The Labute approximate surface area is 108 Å². The highest BCUT2D eigenvalue weighted by Crippen LogP contribution is 2.27. The average Bonchev–Trinajstić information content (AvgIpc) is 2.98. The molecule has 0 unspecified atom stereocenters. The highest BCUT2D eigenvalue weighted by Gasteiger charge is 2.11. The van der Waals surface area contributed by atoms with Crippen LogP contribution in [-0.2, 0) is 0 Å². The average molecular weight is 250 g/mol. The van der Waals surface area contributed by atoms with Gasteiger partial charge in [0.25, 0.3) is 0 Å². The Morgan fingerprint density at radius 3 is 2.42 bits per heavy atom. The van der Waals surface area contributed by atoms with Gasteiger partial charge in [-0.2, -0.15) is 0 Å². The van der Waals surface area contributed by atoms with Crippen molar-refractivity contribution in [2.45, 2.75) is 6.92 Å². The molecule has 2 aromatic carbocycles. The number of oxazole rings is 2. The fourth-order valence-electron chi connectivity index (χ4n) is 2.17. The van der Waals surface area contributed by atoms with Gasteiger partial charge in [-0.1, -0.05) is 18.2 Å². The van der Waals surface area contributed by atoms with Crippen LogP contribution in [-0.4, -0.2) is 9.97 Å². The third-order valence-corrected chi connectivity index (χ3v) is 3.03. The summed E-state index contributed by atoms with van der Waals surface area (Å²) in [6, 6.07) is 13.5. The van der Waals surface area contributed by atoms with Gasteiger partial charge in [-0.05, 0) is 18.2 Å². The highest BCUT2D eigenvalue weighted by atomic mass is 16.4. The van der Waals surface area contributed by atoms with Crippen LogP contribution < -0.4 is 0 Å². The van der Waals surface area contributed by atoms with E-state index in [9.17, 15) is 0 Å². The third-order valence-electron chi connectivity index (χ3n) is 3.03. The predicted molar refractivity (Wildman–Crippen MR) is 71.7 cm³/mol. The van der Waals surface area contributed by atoms with E-state index < -0.39 is 0 Å². The molecule has 0 amide bonds. The molecule has 0 saturated carbocycles. The number of benzene rings is 2. The van der Waals surface area contributed by atoms with Crippen LogP contribution >= 0.6 is 0 Å². The summed E-state index contributed by atoms with van der Waals surface area (Å²) in [7, 11) is 0. The quantitative estimate of drug-likeness (QED) is 0.513. The van der Waals surface area contributed by atoms with Gasteiger partial charge in [-0.15, -0.1) is 0 Å². The van der Waals surface area contributed by atoms with E-state index in [1.54, 1.807) is 0 Å². The van der Waals surface area contributed by atoms with Crippen molar-refractivity contribution in [2.24, 2.45) is 0 Å². The first kappa shape index (κ1) is 10.3. The van der Waals surface area contributed by atoms with E-state index >= 15 is 0 Å². The van der Waals surface area contributed by atoms with Crippen LogP contribution in [0.4, 0.5) is 0 Å². The minimum absolute atomic E-state index is 0.611. The van der Waals surface area contributed by atoms with Crippen molar-refractivity contribution < 1.29 is 8.83 Å². The lowest BCUT2D eigenvalue weighted by Gasteiger charge is -1.91. The molecule has 4 nitrogen and oxygen atoms in total. The zero-order valence-corrected chi connectivity index (χ0v) is 10.3. The normalized spacial score (nSPS) is 11.4. The first-order valence-corrected chi connectivity index (χ1v) is 6.03.